The van der Waals surface area contributed by atoms with E-state index >= 15 is 0 Å². The summed E-state index contributed by atoms with van der Waals surface area (Å²) >= 11 is 12.0. The van der Waals surface area contributed by atoms with Gasteiger partial charge in [-0.1, -0.05) is 29.3 Å². The first-order chi connectivity index (χ1) is 9.88. The second-order valence-electron chi connectivity index (χ2n) is 4.50. The van der Waals surface area contributed by atoms with Crippen molar-refractivity contribution in [2.24, 2.45) is 0 Å². The normalized spacial score (nSPS) is 10.4. The summed E-state index contributed by atoms with van der Waals surface area (Å²) in [4.78, 5) is 23.8. The Kier molecular flexibility index (Phi) is 4.55. The molecular formula is C14H13Cl2N3O2. The smallest absolute Gasteiger partial charge is 0.251 e. The molecule has 1 aromatic carbocycles. The number of hydrogen-bond acceptors (Lipinski definition) is 3. The van der Waals surface area contributed by atoms with Gasteiger partial charge in [0.1, 0.15) is 6.54 Å². The Morgan fingerprint density at radius 2 is 1.90 bits per heavy atom. The molecule has 5 nitrogen and oxygen atoms in total. The summed E-state index contributed by atoms with van der Waals surface area (Å²) in [7, 11) is 0. The summed E-state index contributed by atoms with van der Waals surface area (Å²) in [6, 6.07) is 7.76. The van der Waals surface area contributed by atoms with E-state index in [1.54, 1.807) is 19.1 Å². The number of nitrogens with zero attached hydrogens (tertiary/aromatic N) is 1. The van der Waals surface area contributed by atoms with Crippen LogP contribution in [0, 0.1) is 6.92 Å². The molecule has 0 aliphatic rings. The van der Waals surface area contributed by atoms with Gasteiger partial charge in [-0.15, -0.1) is 0 Å². The van der Waals surface area contributed by atoms with Crippen molar-refractivity contribution >= 4 is 40.5 Å². The maximum Gasteiger partial charge on any atom is 0.251 e. The van der Waals surface area contributed by atoms with Crippen molar-refractivity contribution in [2.45, 2.75) is 13.5 Å². The van der Waals surface area contributed by atoms with Crippen molar-refractivity contribution in [3.05, 3.63) is 56.4 Å². The van der Waals surface area contributed by atoms with E-state index in [2.05, 4.69) is 5.32 Å². The summed E-state index contributed by atoms with van der Waals surface area (Å²) in [5.41, 5.74) is 6.71. The van der Waals surface area contributed by atoms with Crippen LogP contribution in [-0.4, -0.2) is 10.5 Å². The molecule has 0 aliphatic carbocycles. The zero-order valence-electron chi connectivity index (χ0n) is 11.2. The molecule has 0 aliphatic heterocycles. The number of carbonyl (C=O) groups excluding carboxylic acids is 1. The van der Waals surface area contributed by atoms with Gasteiger partial charge in [0.05, 0.1) is 15.7 Å². The van der Waals surface area contributed by atoms with Crippen LogP contribution in [0.2, 0.25) is 10.0 Å². The fourth-order valence-electron chi connectivity index (χ4n) is 1.86. The molecule has 0 bridgehead atoms. The van der Waals surface area contributed by atoms with Crippen molar-refractivity contribution in [3.8, 4) is 0 Å². The maximum atomic E-state index is 12.1. The number of nitrogens with two attached hydrogens (primary N) is 1. The molecule has 2 aromatic rings. The molecule has 0 atom stereocenters. The Morgan fingerprint density at radius 1 is 1.29 bits per heavy atom. The summed E-state index contributed by atoms with van der Waals surface area (Å²) in [6.45, 7) is 1.63. The Morgan fingerprint density at radius 3 is 2.48 bits per heavy atom. The summed E-state index contributed by atoms with van der Waals surface area (Å²) in [5.74, 6) is -0.403. The Bertz CT molecular complexity index is 733. The van der Waals surface area contributed by atoms with E-state index in [9.17, 15) is 9.59 Å². The highest BCUT2D eigenvalue weighted by atomic mass is 35.5. The number of aromatic nitrogens is 1. The number of pyridine rings is 1. The van der Waals surface area contributed by atoms with Crippen molar-refractivity contribution in [2.75, 3.05) is 11.1 Å². The Balaban J connectivity index is 2.22. The first-order valence-electron chi connectivity index (χ1n) is 6.09. The van der Waals surface area contributed by atoms with Crippen LogP contribution in [0.1, 0.15) is 5.69 Å². The average molecular weight is 326 g/mol. The molecule has 0 fully saturated rings. The van der Waals surface area contributed by atoms with Crippen LogP contribution in [-0.2, 0) is 11.3 Å². The molecule has 0 spiro atoms. The summed E-state index contributed by atoms with van der Waals surface area (Å²) in [6.07, 6.45) is 0. The lowest BCUT2D eigenvalue weighted by Crippen LogP contribution is -2.28. The third-order valence-corrected chi connectivity index (χ3v) is 3.49. The van der Waals surface area contributed by atoms with Crippen molar-refractivity contribution in [3.63, 3.8) is 0 Å². The molecule has 0 saturated carbocycles. The van der Waals surface area contributed by atoms with E-state index in [-0.39, 0.29) is 27.8 Å². The second kappa shape index (κ2) is 6.20. The lowest BCUT2D eigenvalue weighted by Gasteiger charge is -2.12. The number of anilines is 2. The lowest BCUT2D eigenvalue weighted by molar-refractivity contribution is -0.116. The molecule has 21 heavy (non-hydrogen) atoms. The number of amides is 1. The van der Waals surface area contributed by atoms with Gasteiger partial charge in [0, 0.05) is 17.4 Å². The molecule has 0 radical (unpaired) electrons. The largest absolute Gasteiger partial charge is 0.399 e. The zero-order valence-corrected chi connectivity index (χ0v) is 12.7. The molecule has 110 valence electrons. The number of hydrogen-bond donors (Lipinski definition) is 2. The predicted molar refractivity (Wildman–Crippen MR) is 84.9 cm³/mol. The van der Waals surface area contributed by atoms with Crippen LogP contribution >= 0.6 is 23.2 Å². The van der Waals surface area contributed by atoms with Crippen molar-refractivity contribution in [1.82, 2.24) is 4.57 Å². The molecule has 2 rings (SSSR count). The third-order valence-electron chi connectivity index (χ3n) is 2.90. The fourth-order valence-corrected chi connectivity index (χ4v) is 2.46. The molecule has 1 heterocycles. The van der Waals surface area contributed by atoms with Gasteiger partial charge in [0.2, 0.25) is 5.91 Å². The molecule has 1 amide bonds. The second-order valence-corrected chi connectivity index (χ2v) is 5.31. The highest BCUT2D eigenvalue weighted by molar-refractivity contribution is 6.40. The first kappa shape index (κ1) is 15.4. The van der Waals surface area contributed by atoms with Gasteiger partial charge in [-0.3, -0.25) is 9.59 Å². The van der Waals surface area contributed by atoms with E-state index < -0.39 is 5.91 Å². The monoisotopic (exact) mass is 325 g/mol. The van der Waals surface area contributed by atoms with Crippen LogP contribution in [0.15, 0.2) is 35.1 Å². The van der Waals surface area contributed by atoms with Crippen LogP contribution in [0.5, 0.6) is 0 Å². The van der Waals surface area contributed by atoms with Crippen molar-refractivity contribution in [1.29, 1.82) is 0 Å². The predicted octanol–water partition coefficient (Wildman–Crippen LogP) is 2.68. The average Bonchev–Trinajstić information content (AvgIpc) is 2.38. The fraction of sp³-hybridized carbons (Fsp3) is 0.143. The van der Waals surface area contributed by atoms with E-state index in [1.165, 1.54) is 22.8 Å². The number of carbonyl (C=O) groups is 1. The number of nitrogens with one attached hydrogen (secondary N) is 1. The number of nitrogen functional groups attached to an aromatic ring is 1. The highest BCUT2D eigenvalue weighted by Crippen LogP contribution is 2.32. The van der Waals surface area contributed by atoms with Gasteiger partial charge in [-0.2, -0.15) is 0 Å². The molecule has 0 unspecified atom stereocenters. The SMILES string of the molecule is Cc1cccc(=O)n1CC(=O)Nc1c(Cl)cc(N)cc1Cl. The maximum absolute atomic E-state index is 12.1. The molecule has 0 saturated heterocycles. The molecule has 7 heteroatoms. The minimum Gasteiger partial charge on any atom is -0.399 e. The Hall–Kier alpha value is -1.98. The zero-order chi connectivity index (χ0) is 15.6. The van der Waals surface area contributed by atoms with Gasteiger partial charge < -0.3 is 15.6 Å². The molecular weight excluding hydrogens is 313 g/mol. The first-order valence-corrected chi connectivity index (χ1v) is 6.85. The van der Waals surface area contributed by atoms with Gasteiger partial charge in [-0.05, 0) is 25.1 Å². The summed E-state index contributed by atoms with van der Waals surface area (Å²) < 4.78 is 1.36. The standard InChI is InChI=1S/C14H13Cl2N3O2/c1-8-3-2-4-13(21)19(8)7-12(20)18-14-10(15)5-9(17)6-11(14)16/h2-6H,7,17H2,1H3,(H,18,20). The number of halogens is 2. The highest BCUT2D eigenvalue weighted by Gasteiger charge is 2.12. The molecule has 1 aromatic heterocycles. The van der Waals surface area contributed by atoms with Gasteiger partial charge in [0.25, 0.3) is 5.56 Å². The minimum absolute atomic E-state index is 0.122. The van der Waals surface area contributed by atoms with Crippen molar-refractivity contribution < 1.29 is 4.79 Å². The third kappa shape index (κ3) is 3.56. The van der Waals surface area contributed by atoms with E-state index in [0.29, 0.717) is 11.4 Å². The lowest BCUT2D eigenvalue weighted by atomic mass is 10.2. The Labute approximate surface area is 131 Å². The quantitative estimate of drug-likeness (QED) is 0.852. The van der Waals surface area contributed by atoms with E-state index in [0.717, 1.165) is 0 Å². The van der Waals surface area contributed by atoms with Gasteiger partial charge >= 0.3 is 0 Å². The topological polar surface area (TPSA) is 77.1 Å². The van der Waals surface area contributed by atoms with Gasteiger partial charge in [0.15, 0.2) is 0 Å². The number of aryl methyl sites for hydroxylation is 1. The van der Waals surface area contributed by atoms with Crippen LogP contribution in [0.4, 0.5) is 11.4 Å². The summed E-state index contributed by atoms with van der Waals surface area (Å²) in [5, 5.41) is 3.07. The number of benzene rings is 1. The van der Waals surface area contributed by atoms with E-state index in [4.69, 9.17) is 28.9 Å². The minimum atomic E-state index is -0.403. The van der Waals surface area contributed by atoms with Gasteiger partial charge in [-0.25, -0.2) is 0 Å². The van der Waals surface area contributed by atoms with Crippen LogP contribution < -0.4 is 16.6 Å². The molecule has 3 N–H and O–H groups in total. The number of rotatable bonds is 3. The van der Waals surface area contributed by atoms with Crippen LogP contribution in [0.3, 0.4) is 0 Å². The van der Waals surface area contributed by atoms with E-state index in [1.807, 2.05) is 0 Å². The van der Waals surface area contributed by atoms with Crippen LogP contribution in [0.25, 0.3) is 0 Å².